The number of thiophene rings is 1. The molecule has 0 saturated carbocycles. The van der Waals surface area contributed by atoms with Crippen LogP contribution in [0.5, 0.6) is 0 Å². The maximum absolute atomic E-state index is 11.2. The molecule has 3 rings (SSSR count). The van der Waals surface area contributed by atoms with Crippen LogP contribution in [0.4, 0.5) is 0 Å². The van der Waals surface area contributed by atoms with Crippen LogP contribution in [0.25, 0.3) is 0 Å². The molecule has 3 heterocycles. The topological polar surface area (TPSA) is 58.6 Å². The smallest absolute Gasteiger partial charge is 0.208 e. The molecular weight excluding hydrogens is 308 g/mol. The van der Waals surface area contributed by atoms with Crippen LogP contribution in [0.3, 0.4) is 0 Å². The van der Waals surface area contributed by atoms with Crippen molar-refractivity contribution in [1.82, 2.24) is 9.62 Å². The van der Waals surface area contributed by atoms with Crippen molar-refractivity contribution >= 4 is 21.4 Å². The minimum atomic E-state index is -3.15. The fourth-order valence-electron chi connectivity index (χ4n) is 3.33. The summed E-state index contributed by atoms with van der Waals surface area (Å²) in [6, 6.07) is 2.17. The molecule has 1 N–H and O–H groups in total. The molecule has 21 heavy (non-hydrogen) atoms. The number of nitrogens with one attached hydrogen (secondary N) is 1. The first-order valence-electron chi connectivity index (χ1n) is 7.31. The summed E-state index contributed by atoms with van der Waals surface area (Å²) in [4.78, 5) is 2.46. The van der Waals surface area contributed by atoms with Crippen LogP contribution in [-0.4, -0.2) is 51.9 Å². The summed E-state index contributed by atoms with van der Waals surface area (Å²) in [7, 11) is -3.15. The van der Waals surface area contributed by atoms with Gasteiger partial charge >= 0.3 is 0 Å². The largest absolute Gasteiger partial charge is 0.376 e. The van der Waals surface area contributed by atoms with Gasteiger partial charge in [-0.15, -0.1) is 0 Å². The number of sulfonamides is 1. The van der Waals surface area contributed by atoms with E-state index >= 15 is 0 Å². The van der Waals surface area contributed by atoms with Gasteiger partial charge in [-0.1, -0.05) is 0 Å². The highest BCUT2D eigenvalue weighted by Crippen LogP contribution is 2.34. The second-order valence-electron chi connectivity index (χ2n) is 6.07. The molecule has 2 aliphatic heterocycles. The maximum Gasteiger partial charge on any atom is 0.208 e. The van der Waals surface area contributed by atoms with Crippen molar-refractivity contribution in [2.45, 2.75) is 19.1 Å². The third-order valence-electron chi connectivity index (χ3n) is 4.43. The van der Waals surface area contributed by atoms with Gasteiger partial charge in [0.15, 0.2) is 0 Å². The molecule has 2 saturated heterocycles. The molecule has 0 unspecified atom stereocenters. The number of ether oxygens (including phenoxy) is 1. The molecule has 0 amide bonds. The van der Waals surface area contributed by atoms with Crippen molar-refractivity contribution in [3.8, 4) is 0 Å². The van der Waals surface area contributed by atoms with Gasteiger partial charge in [0.2, 0.25) is 10.0 Å². The molecule has 7 heteroatoms. The maximum atomic E-state index is 11.2. The Labute approximate surface area is 130 Å². The molecule has 0 spiro atoms. The normalized spacial score (nSPS) is 30.4. The highest BCUT2D eigenvalue weighted by Gasteiger charge is 2.40. The first kappa shape index (κ1) is 15.4. The average Bonchev–Trinajstić information content (AvgIpc) is 3.05. The van der Waals surface area contributed by atoms with Gasteiger partial charge in [0.05, 0.1) is 19.0 Å². The van der Waals surface area contributed by atoms with Crippen LogP contribution in [0.2, 0.25) is 0 Å². The zero-order valence-electron chi connectivity index (χ0n) is 12.2. The number of fused-ring (bicyclic) bond motifs is 1. The van der Waals surface area contributed by atoms with Gasteiger partial charge < -0.3 is 4.74 Å². The highest BCUT2D eigenvalue weighted by molar-refractivity contribution is 7.88. The Balaban J connectivity index is 1.58. The summed E-state index contributed by atoms with van der Waals surface area (Å²) in [6.45, 7) is 4.25. The zero-order chi connectivity index (χ0) is 14.9. The summed E-state index contributed by atoms with van der Waals surface area (Å²) in [5.74, 6) is 1.02. The van der Waals surface area contributed by atoms with E-state index in [1.807, 2.05) is 0 Å². The van der Waals surface area contributed by atoms with Crippen molar-refractivity contribution < 1.29 is 13.2 Å². The molecule has 0 aromatic carbocycles. The Bertz CT molecular complexity index is 559. The van der Waals surface area contributed by atoms with Gasteiger partial charge in [-0.3, -0.25) is 4.90 Å². The Morgan fingerprint density at radius 1 is 1.52 bits per heavy atom. The van der Waals surface area contributed by atoms with E-state index in [4.69, 9.17) is 4.74 Å². The summed E-state index contributed by atoms with van der Waals surface area (Å²) in [5, 5.41) is 4.31. The minimum absolute atomic E-state index is 0.00926. The van der Waals surface area contributed by atoms with E-state index in [1.165, 1.54) is 11.8 Å². The van der Waals surface area contributed by atoms with Gasteiger partial charge in [-0.25, -0.2) is 13.1 Å². The van der Waals surface area contributed by atoms with Crippen molar-refractivity contribution in [2.24, 2.45) is 11.8 Å². The Kier molecular flexibility index (Phi) is 4.66. The number of hydrogen-bond acceptors (Lipinski definition) is 5. The van der Waals surface area contributed by atoms with Crippen molar-refractivity contribution in [3.63, 3.8) is 0 Å². The van der Waals surface area contributed by atoms with Crippen LogP contribution in [0.1, 0.15) is 12.0 Å². The van der Waals surface area contributed by atoms with Gasteiger partial charge in [0.1, 0.15) is 0 Å². The van der Waals surface area contributed by atoms with E-state index in [9.17, 15) is 8.42 Å². The van der Waals surface area contributed by atoms with Crippen LogP contribution in [-0.2, 0) is 21.3 Å². The monoisotopic (exact) mass is 330 g/mol. The molecule has 1 aromatic rings. The van der Waals surface area contributed by atoms with E-state index in [0.29, 0.717) is 18.4 Å². The molecule has 0 bridgehead atoms. The van der Waals surface area contributed by atoms with Gasteiger partial charge in [0, 0.05) is 25.6 Å². The quantitative estimate of drug-likeness (QED) is 0.879. The van der Waals surface area contributed by atoms with Crippen molar-refractivity contribution in [2.75, 3.05) is 32.5 Å². The van der Waals surface area contributed by atoms with E-state index in [0.717, 1.165) is 32.7 Å². The molecule has 0 radical (unpaired) electrons. The Morgan fingerprint density at radius 3 is 3.10 bits per heavy atom. The highest BCUT2D eigenvalue weighted by atomic mass is 32.2. The first-order chi connectivity index (χ1) is 10.0. The van der Waals surface area contributed by atoms with Crippen LogP contribution >= 0.6 is 11.3 Å². The van der Waals surface area contributed by atoms with E-state index in [1.54, 1.807) is 11.3 Å². The Morgan fingerprint density at radius 2 is 2.38 bits per heavy atom. The fourth-order valence-corrected chi connectivity index (χ4v) is 4.45. The second-order valence-corrected chi connectivity index (χ2v) is 8.68. The molecule has 5 nitrogen and oxygen atoms in total. The molecule has 3 atom stereocenters. The summed E-state index contributed by atoms with van der Waals surface area (Å²) < 4.78 is 30.9. The van der Waals surface area contributed by atoms with Crippen LogP contribution in [0.15, 0.2) is 16.8 Å². The van der Waals surface area contributed by atoms with E-state index < -0.39 is 10.0 Å². The lowest BCUT2D eigenvalue weighted by atomic mass is 9.84. The zero-order valence-corrected chi connectivity index (χ0v) is 13.8. The summed E-state index contributed by atoms with van der Waals surface area (Å²) >= 11 is 1.73. The number of hydrogen-bond donors (Lipinski definition) is 1. The minimum Gasteiger partial charge on any atom is -0.376 e. The van der Waals surface area contributed by atoms with Crippen LogP contribution in [0, 0.1) is 11.8 Å². The lowest BCUT2D eigenvalue weighted by Crippen LogP contribution is -2.44. The predicted molar refractivity (Wildman–Crippen MR) is 83.8 cm³/mol. The van der Waals surface area contributed by atoms with E-state index in [2.05, 4.69) is 26.4 Å². The molecule has 118 valence electrons. The molecule has 0 aliphatic carbocycles. The van der Waals surface area contributed by atoms with E-state index in [-0.39, 0.29) is 6.10 Å². The number of piperidine rings is 1. The standard InChI is InChI=1S/C14H22N2O3S2/c1-21(17,18)15-6-14-13-8-16(4-2-12(13)9-19-14)7-11-3-5-20-10-11/h3,5,10,12-15H,2,4,6-9H2,1H3/t12-,13-,14+/m1/s1. The molecule has 2 fully saturated rings. The lowest BCUT2D eigenvalue weighted by molar-refractivity contribution is 0.0776. The third-order valence-corrected chi connectivity index (χ3v) is 5.85. The summed E-state index contributed by atoms with van der Waals surface area (Å²) in [5.41, 5.74) is 1.36. The number of likely N-dealkylation sites (tertiary alicyclic amines) is 1. The lowest BCUT2D eigenvalue weighted by Gasteiger charge is -2.35. The Hall–Kier alpha value is -0.470. The predicted octanol–water partition coefficient (Wildman–Crippen LogP) is 1.13. The number of rotatable bonds is 5. The molecule has 1 aromatic heterocycles. The first-order valence-corrected chi connectivity index (χ1v) is 10.1. The van der Waals surface area contributed by atoms with Crippen LogP contribution < -0.4 is 4.72 Å². The molecule has 2 aliphatic rings. The summed E-state index contributed by atoms with van der Waals surface area (Å²) in [6.07, 6.45) is 2.35. The van der Waals surface area contributed by atoms with Gasteiger partial charge in [-0.05, 0) is 41.3 Å². The number of nitrogens with zero attached hydrogens (tertiary/aromatic N) is 1. The fraction of sp³-hybridized carbons (Fsp3) is 0.714. The van der Waals surface area contributed by atoms with Crippen molar-refractivity contribution in [3.05, 3.63) is 22.4 Å². The third kappa shape index (κ3) is 4.04. The molecular formula is C14H22N2O3S2. The van der Waals surface area contributed by atoms with Gasteiger partial charge in [-0.2, -0.15) is 11.3 Å². The van der Waals surface area contributed by atoms with Gasteiger partial charge in [0.25, 0.3) is 0 Å². The average molecular weight is 330 g/mol. The van der Waals surface area contributed by atoms with Crippen molar-refractivity contribution in [1.29, 1.82) is 0 Å². The second kappa shape index (κ2) is 6.34. The SMILES string of the molecule is CS(=O)(=O)NC[C@@H]1OC[C@H]2CCN(Cc3ccsc3)C[C@H]21.